The SMILES string of the molecule is Cc1ccc(CNC(=O)[C@@H](C)OC(=O)[C@H](C)N2C(=O)[C@H]3CC=CC[C@@H]3C2=O)cc1. The number of hydrogen-bond donors (Lipinski definition) is 1. The van der Waals surface area contributed by atoms with Gasteiger partial charge in [-0.25, -0.2) is 4.79 Å². The minimum absolute atomic E-state index is 0.315. The number of aryl methyl sites for hydroxylation is 1. The highest BCUT2D eigenvalue weighted by Gasteiger charge is 2.50. The Hall–Kier alpha value is -2.96. The summed E-state index contributed by atoms with van der Waals surface area (Å²) in [7, 11) is 0. The van der Waals surface area contributed by atoms with Crippen molar-refractivity contribution in [2.75, 3.05) is 0 Å². The number of fused-ring (bicyclic) bond motifs is 1. The highest BCUT2D eigenvalue weighted by Crippen LogP contribution is 2.36. The van der Waals surface area contributed by atoms with E-state index in [0.717, 1.165) is 16.0 Å². The standard InChI is InChI=1S/C22H26N2O5/c1-13-8-10-16(11-9-13)12-23-19(25)15(3)29-22(28)14(2)24-20(26)17-6-4-5-7-18(17)21(24)27/h4-5,8-11,14-15,17-18H,6-7,12H2,1-3H3,(H,23,25)/t14-,15+,17-,18-/m0/s1. The minimum atomic E-state index is -1.06. The molecule has 2 aliphatic rings. The van der Waals surface area contributed by atoms with Crippen molar-refractivity contribution in [1.29, 1.82) is 0 Å². The van der Waals surface area contributed by atoms with E-state index in [9.17, 15) is 19.2 Å². The number of esters is 1. The third-order valence-corrected chi connectivity index (χ3v) is 5.52. The topological polar surface area (TPSA) is 92.8 Å². The number of carbonyl (C=O) groups is 4. The molecule has 1 saturated heterocycles. The Labute approximate surface area is 170 Å². The summed E-state index contributed by atoms with van der Waals surface area (Å²) in [6.07, 6.45) is 3.75. The van der Waals surface area contributed by atoms with Gasteiger partial charge in [0.1, 0.15) is 6.04 Å². The fourth-order valence-electron chi connectivity index (χ4n) is 3.68. The second-order valence-corrected chi connectivity index (χ2v) is 7.66. The summed E-state index contributed by atoms with van der Waals surface area (Å²) in [6.45, 7) is 5.22. The van der Waals surface area contributed by atoms with E-state index in [0.29, 0.717) is 19.4 Å². The highest BCUT2D eigenvalue weighted by molar-refractivity contribution is 6.08. The van der Waals surface area contributed by atoms with Crippen molar-refractivity contribution in [1.82, 2.24) is 10.2 Å². The number of allylic oxidation sites excluding steroid dienone is 2. The van der Waals surface area contributed by atoms with Gasteiger partial charge in [-0.3, -0.25) is 19.3 Å². The predicted molar refractivity (Wildman–Crippen MR) is 105 cm³/mol. The van der Waals surface area contributed by atoms with Crippen molar-refractivity contribution in [3.8, 4) is 0 Å². The second kappa shape index (κ2) is 8.59. The molecule has 0 radical (unpaired) electrons. The summed E-state index contributed by atoms with van der Waals surface area (Å²) in [5.41, 5.74) is 2.05. The van der Waals surface area contributed by atoms with Gasteiger partial charge in [-0.05, 0) is 39.2 Å². The first-order valence-electron chi connectivity index (χ1n) is 9.85. The average molecular weight is 398 g/mol. The first kappa shape index (κ1) is 20.8. The molecule has 0 aromatic heterocycles. The van der Waals surface area contributed by atoms with Gasteiger partial charge in [-0.2, -0.15) is 0 Å². The van der Waals surface area contributed by atoms with Crippen LogP contribution in [0, 0.1) is 18.8 Å². The van der Waals surface area contributed by atoms with Gasteiger partial charge in [-0.1, -0.05) is 42.0 Å². The van der Waals surface area contributed by atoms with Crippen LogP contribution in [-0.2, 0) is 30.5 Å². The van der Waals surface area contributed by atoms with Crippen molar-refractivity contribution in [3.63, 3.8) is 0 Å². The molecular weight excluding hydrogens is 372 g/mol. The van der Waals surface area contributed by atoms with Gasteiger partial charge >= 0.3 is 5.97 Å². The molecule has 7 nitrogen and oxygen atoms in total. The van der Waals surface area contributed by atoms with Crippen LogP contribution in [0.5, 0.6) is 0 Å². The smallest absolute Gasteiger partial charge is 0.329 e. The van der Waals surface area contributed by atoms with Crippen LogP contribution >= 0.6 is 0 Å². The maximum absolute atomic E-state index is 12.6. The average Bonchev–Trinajstić information content (AvgIpc) is 2.97. The molecule has 0 bridgehead atoms. The van der Waals surface area contributed by atoms with Crippen LogP contribution in [0.1, 0.15) is 37.8 Å². The number of likely N-dealkylation sites (tertiary alicyclic amines) is 1. The van der Waals surface area contributed by atoms with E-state index in [1.54, 1.807) is 0 Å². The molecule has 1 N–H and O–H groups in total. The predicted octanol–water partition coefficient (Wildman–Crippen LogP) is 1.88. The third kappa shape index (κ3) is 4.39. The summed E-state index contributed by atoms with van der Waals surface area (Å²) >= 11 is 0. The first-order chi connectivity index (χ1) is 13.8. The zero-order chi connectivity index (χ0) is 21.1. The number of nitrogens with one attached hydrogen (secondary N) is 1. The van der Waals surface area contributed by atoms with E-state index >= 15 is 0 Å². The Morgan fingerprint density at radius 2 is 1.62 bits per heavy atom. The van der Waals surface area contributed by atoms with Crippen LogP contribution < -0.4 is 5.32 Å². The lowest BCUT2D eigenvalue weighted by atomic mass is 9.85. The third-order valence-electron chi connectivity index (χ3n) is 5.52. The number of ether oxygens (including phenoxy) is 1. The van der Waals surface area contributed by atoms with E-state index in [2.05, 4.69) is 5.32 Å². The fourth-order valence-corrected chi connectivity index (χ4v) is 3.68. The molecule has 154 valence electrons. The van der Waals surface area contributed by atoms with Gasteiger partial charge in [0.2, 0.25) is 11.8 Å². The van der Waals surface area contributed by atoms with E-state index in [-0.39, 0.29) is 11.8 Å². The Morgan fingerprint density at radius 3 is 2.17 bits per heavy atom. The van der Waals surface area contributed by atoms with Crippen LogP contribution in [0.3, 0.4) is 0 Å². The Kier molecular flexibility index (Phi) is 6.15. The number of imide groups is 1. The molecule has 4 atom stereocenters. The number of amides is 3. The fraction of sp³-hybridized carbons (Fsp3) is 0.455. The molecule has 3 rings (SSSR count). The molecule has 1 aliphatic carbocycles. The van der Waals surface area contributed by atoms with Crippen molar-refractivity contribution in [2.24, 2.45) is 11.8 Å². The van der Waals surface area contributed by atoms with Crippen LogP contribution in [0.25, 0.3) is 0 Å². The largest absolute Gasteiger partial charge is 0.451 e. The highest BCUT2D eigenvalue weighted by atomic mass is 16.5. The lowest BCUT2D eigenvalue weighted by Crippen LogP contribution is -2.46. The summed E-state index contributed by atoms with van der Waals surface area (Å²) < 4.78 is 5.23. The van der Waals surface area contributed by atoms with Crippen molar-refractivity contribution in [2.45, 2.75) is 52.3 Å². The molecule has 1 aromatic rings. The van der Waals surface area contributed by atoms with E-state index in [4.69, 9.17) is 4.74 Å². The number of rotatable bonds is 6. The van der Waals surface area contributed by atoms with E-state index < -0.39 is 35.9 Å². The summed E-state index contributed by atoms with van der Waals surface area (Å²) in [5, 5.41) is 2.72. The van der Waals surface area contributed by atoms with E-state index in [1.807, 2.05) is 43.3 Å². The molecule has 1 heterocycles. The van der Waals surface area contributed by atoms with Gasteiger partial charge in [0, 0.05) is 6.54 Å². The monoisotopic (exact) mass is 398 g/mol. The van der Waals surface area contributed by atoms with Gasteiger partial charge in [-0.15, -0.1) is 0 Å². The molecule has 0 saturated carbocycles. The van der Waals surface area contributed by atoms with Gasteiger partial charge in [0.05, 0.1) is 11.8 Å². The second-order valence-electron chi connectivity index (χ2n) is 7.66. The van der Waals surface area contributed by atoms with Gasteiger partial charge in [0.15, 0.2) is 6.10 Å². The normalized spacial score (nSPS) is 22.8. The maximum atomic E-state index is 12.6. The maximum Gasteiger partial charge on any atom is 0.329 e. The van der Waals surface area contributed by atoms with Crippen molar-refractivity contribution >= 4 is 23.7 Å². The first-order valence-corrected chi connectivity index (χ1v) is 9.85. The number of benzene rings is 1. The van der Waals surface area contributed by atoms with Crippen LogP contribution in [0.15, 0.2) is 36.4 Å². The summed E-state index contributed by atoms with van der Waals surface area (Å²) in [4.78, 5) is 50.9. The molecule has 3 amide bonds. The molecular formula is C22H26N2O5. The van der Waals surface area contributed by atoms with Crippen LogP contribution in [-0.4, -0.2) is 40.7 Å². The zero-order valence-corrected chi connectivity index (χ0v) is 16.9. The van der Waals surface area contributed by atoms with Crippen LogP contribution in [0.2, 0.25) is 0 Å². The van der Waals surface area contributed by atoms with E-state index in [1.165, 1.54) is 13.8 Å². The molecule has 1 fully saturated rings. The summed E-state index contributed by atoms with van der Waals surface area (Å²) in [6, 6.07) is 6.65. The van der Waals surface area contributed by atoms with Crippen molar-refractivity contribution in [3.05, 3.63) is 47.5 Å². The zero-order valence-electron chi connectivity index (χ0n) is 16.9. The lowest BCUT2D eigenvalue weighted by molar-refractivity contribution is -0.164. The molecule has 0 spiro atoms. The Balaban J connectivity index is 1.54. The van der Waals surface area contributed by atoms with Gasteiger partial charge < -0.3 is 10.1 Å². The minimum Gasteiger partial charge on any atom is -0.451 e. The summed E-state index contributed by atoms with van der Waals surface area (Å²) in [5.74, 6) is -2.70. The van der Waals surface area contributed by atoms with Crippen LogP contribution in [0.4, 0.5) is 0 Å². The molecule has 0 unspecified atom stereocenters. The Morgan fingerprint density at radius 1 is 1.07 bits per heavy atom. The molecule has 1 aliphatic heterocycles. The molecule has 29 heavy (non-hydrogen) atoms. The number of carbonyl (C=O) groups excluding carboxylic acids is 4. The quantitative estimate of drug-likeness (QED) is 0.449. The van der Waals surface area contributed by atoms with Gasteiger partial charge in [0.25, 0.3) is 5.91 Å². The van der Waals surface area contributed by atoms with Crippen molar-refractivity contribution < 1.29 is 23.9 Å². The molecule has 7 heteroatoms. The lowest BCUT2D eigenvalue weighted by Gasteiger charge is -2.23. The number of hydrogen-bond acceptors (Lipinski definition) is 5. The molecule has 1 aromatic carbocycles. The Bertz CT molecular complexity index is 819. The number of nitrogens with zero attached hydrogens (tertiary/aromatic N) is 1.